The number of halogens is 5. The van der Waals surface area contributed by atoms with E-state index in [1.165, 1.54) is 18.2 Å². The molecule has 0 radical (unpaired) electrons. The molecule has 2 aliphatic rings. The molecule has 2 saturated carbocycles. The molecule has 1 aromatic carbocycles. The highest BCUT2D eigenvalue weighted by Gasteiger charge is 2.49. The van der Waals surface area contributed by atoms with Crippen LogP contribution < -0.4 is 10.6 Å². The van der Waals surface area contributed by atoms with Crippen molar-refractivity contribution in [1.82, 2.24) is 19.5 Å². The van der Waals surface area contributed by atoms with E-state index in [4.69, 9.17) is 11.6 Å². The number of carbonyl (C=O) groups is 1. The molecule has 13 heteroatoms. The molecule has 8 nitrogen and oxygen atoms in total. The van der Waals surface area contributed by atoms with Crippen LogP contribution in [0.25, 0.3) is 0 Å². The van der Waals surface area contributed by atoms with E-state index in [0.717, 1.165) is 25.2 Å². The number of carbonyl (C=O) groups excluding carboxylic acids is 1. The van der Waals surface area contributed by atoms with Crippen molar-refractivity contribution in [3.8, 4) is 0 Å². The zero-order valence-electron chi connectivity index (χ0n) is 20.3. The van der Waals surface area contributed by atoms with Gasteiger partial charge in [-0.1, -0.05) is 11.6 Å². The number of anilines is 2. The maximum atomic E-state index is 13.5. The molecule has 0 aliphatic heterocycles. The van der Waals surface area contributed by atoms with Crippen LogP contribution in [0.1, 0.15) is 53.5 Å². The number of benzene rings is 1. The van der Waals surface area contributed by atoms with Crippen LogP contribution in [0, 0.1) is 17.7 Å². The van der Waals surface area contributed by atoms with Gasteiger partial charge in [0.2, 0.25) is 0 Å². The van der Waals surface area contributed by atoms with E-state index in [1.54, 1.807) is 17.9 Å². The van der Waals surface area contributed by atoms with Crippen LogP contribution >= 0.6 is 11.6 Å². The highest BCUT2D eigenvalue weighted by molar-refractivity contribution is 6.31. The number of amides is 1. The van der Waals surface area contributed by atoms with E-state index >= 15 is 0 Å². The highest BCUT2D eigenvalue weighted by Crippen LogP contribution is 2.54. The molecule has 2 aromatic heterocycles. The second-order valence-electron chi connectivity index (χ2n) is 10.1. The molecule has 2 aliphatic carbocycles. The fourth-order valence-corrected chi connectivity index (χ4v) is 5.97. The SMILES string of the molecule is Cn1cnc(C2CC3CC(O)(CNc4cc(C(F)(F)F)ncn4)CC3C2)c1C(=O)Nc1ccc(F)c(Cl)c1. The Balaban J connectivity index is 1.22. The van der Waals surface area contributed by atoms with E-state index in [2.05, 4.69) is 25.6 Å². The lowest BCUT2D eigenvalue weighted by Gasteiger charge is -2.25. The standard InChI is InChI=1S/C25H25ClF4N6O2/c1-36-12-34-21(22(36)23(37)35-16-2-3-18(27)17(26)6-16)13-4-14-8-24(38,9-15(14)5-13)10-31-20-7-19(25(28,29)30)32-11-33-20/h2-3,6-7,11-15,38H,4-5,8-10H2,1H3,(H,35,37)(H,31,32,33). The van der Waals surface area contributed by atoms with Crippen molar-refractivity contribution in [3.63, 3.8) is 0 Å². The van der Waals surface area contributed by atoms with Crippen molar-refractivity contribution >= 4 is 29.0 Å². The van der Waals surface area contributed by atoms with Gasteiger partial charge in [0.25, 0.3) is 5.91 Å². The van der Waals surface area contributed by atoms with E-state index in [9.17, 15) is 27.5 Å². The minimum atomic E-state index is -4.58. The first-order valence-corrected chi connectivity index (χ1v) is 12.4. The maximum Gasteiger partial charge on any atom is 0.433 e. The molecule has 2 atom stereocenters. The number of hydrogen-bond donors (Lipinski definition) is 3. The van der Waals surface area contributed by atoms with Crippen molar-refractivity contribution in [1.29, 1.82) is 0 Å². The van der Waals surface area contributed by atoms with Crippen LogP contribution in [0.5, 0.6) is 0 Å². The van der Waals surface area contributed by atoms with E-state index in [0.29, 0.717) is 29.9 Å². The summed E-state index contributed by atoms with van der Waals surface area (Å²) in [4.78, 5) is 24.7. The third-order valence-corrected chi connectivity index (χ3v) is 7.72. The quantitative estimate of drug-likeness (QED) is 0.371. The van der Waals surface area contributed by atoms with Gasteiger partial charge in [-0.2, -0.15) is 13.2 Å². The number of nitrogens with zero attached hydrogens (tertiary/aromatic N) is 4. The molecule has 5 rings (SSSR count). The fraction of sp³-hybridized carbons (Fsp3) is 0.440. The number of fused-ring (bicyclic) bond motifs is 1. The maximum absolute atomic E-state index is 13.5. The molecule has 1 amide bonds. The predicted octanol–water partition coefficient (Wildman–Crippen LogP) is 5.02. The van der Waals surface area contributed by atoms with Gasteiger partial charge in [0.1, 0.15) is 29.4 Å². The molecule has 0 spiro atoms. The lowest BCUT2D eigenvalue weighted by Crippen LogP contribution is -2.35. The predicted molar refractivity (Wildman–Crippen MR) is 131 cm³/mol. The molecule has 2 unspecified atom stereocenters. The summed E-state index contributed by atoms with van der Waals surface area (Å²) in [6.07, 6.45) is 0.225. The molecule has 3 N–H and O–H groups in total. The van der Waals surface area contributed by atoms with E-state index < -0.39 is 23.3 Å². The van der Waals surface area contributed by atoms with Crippen LogP contribution in [-0.4, -0.2) is 42.7 Å². The first-order chi connectivity index (χ1) is 17.9. The summed E-state index contributed by atoms with van der Waals surface area (Å²) >= 11 is 5.83. The van der Waals surface area contributed by atoms with Gasteiger partial charge in [-0.3, -0.25) is 4.79 Å². The molecule has 3 aromatic rings. The Morgan fingerprint density at radius 2 is 1.89 bits per heavy atom. The Kier molecular flexibility index (Phi) is 6.80. The molecular formula is C25H25ClF4N6O2. The third-order valence-electron chi connectivity index (χ3n) is 7.43. The van der Waals surface area contributed by atoms with E-state index in [1.807, 2.05) is 0 Å². The second-order valence-corrected chi connectivity index (χ2v) is 10.5. The van der Waals surface area contributed by atoms with Crippen LogP contribution in [-0.2, 0) is 13.2 Å². The topological polar surface area (TPSA) is 105 Å². The van der Waals surface area contributed by atoms with Gasteiger partial charge in [0.05, 0.1) is 22.6 Å². The van der Waals surface area contributed by atoms with Crippen LogP contribution in [0.2, 0.25) is 5.02 Å². The first kappa shape index (κ1) is 26.4. The average molecular weight is 553 g/mol. The zero-order valence-corrected chi connectivity index (χ0v) is 21.0. The minimum Gasteiger partial charge on any atom is -0.388 e. The third kappa shape index (κ3) is 5.32. The normalized spacial score (nSPS) is 24.9. The van der Waals surface area contributed by atoms with Crippen molar-refractivity contribution in [3.05, 3.63) is 64.8 Å². The molecule has 0 saturated heterocycles. The molecular weight excluding hydrogens is 528 g/mol. The lowest BCUT2D eigenvalue weighted by molar-refractivity contribution is -0.141. The number of rotatable bonds is 6. The van der Waals surface area contributed by atoms with Crippen LogP contribution in [0.4, 0.5) is 29.1 Å². The second kappa shape index (κ2) is 9.81. The van der Waals surface area contributed by atoms with Crippen LogP contribution in [0.15, 0.2) is 36.9 Å². The molecule has 2 heterocycles. The van der Waals surface area contributed by atoms with Gasteiger partial charge in [-0.05, 0) is 55.7 Å². The monoisotopic (exact) mass is 552 g/mol. The van der Waals surface area contributed by atoms with Gasteiger partial charge >= 0.3 is 6.18 Å². The van der Waals surface area contributed by atoms with Crippen molar-refractivity contribution < 1.29 is 27.5 Å². The Labute approximate surface area is 220 Å². The fourth-order valence-electron chi connectivity index (χ4n) is 5.79. The number of aliphatic hydroxyl groups is 1. The molecule has 202 valence electrons. The number of hydrogen-bond acceptors (Lipinski definition) is 6. The van der Waals surface area contributed by atoms with Crippen LogP contribution in [0.3, 0.4) is 0 Å². The summed E-state index contributed by atoms with van der Waals surface area (Å²) < 4.78 is 53.9. The lowest BCUT2D eigenvalue weighted by atomic mass is 9.92. The Hall–Kier alpha value is -3.25. The Bertz CT molecular complexity index is 1350. The summed E-state index contributed by atoms with van der Waals surface area (Å²) in [5.41, 5.74) is -0.714. The van der Waals surface area contributed by atoms with Gasteiger partial charge in [-0.25, -0.2) is 19.3 Å². The van der Waals surface area contributed by atoms with Gasteiger partial charge < -0.3 is 20.3 Å². The minimum absolute atomic E-state index is 0.00210. The Morgan fingerprint density at radius 1 is 1.18 bits per heavy atom. The first-order valence-electron chi connectivity index (χ1n) is 12.0. The summed E-state index contributed by atoms with van der Waals surface area (Å²) in [5.74, 6) is -0.599. The largest absolute Gasteiger partial charge is 0.433 e. The summed E-state index contributed by atoms with van der Waals surface area (Å²) in [6.45, 7) is 0.0659. The molecule has 38 heavy (non-hydrogen) atoms. The average Bonchev–Trinajstić information content (AvgIpc) is 3.51. The summed E-state index contributed by atoms with van der Waals surface area (Å²) in [5, 5.41) is 16.6. The number of nitrogens with one attached hydrogen (secondary N) is 2. The van der Waals surface area contributed by atoms with Crippen molar-refractivity contribution in [2.24, 2.45) is 18.9 Å². The Morgan fingerprint density at radius 3 is 2.55 bits per heavy atom. The van der Waals surface area contributed by atoms with Crippen molar-refractivity contribution in [2.45, 2.75) is 43.4 Å². The van der Waals surface area contributed by atoms with Crippen molar-refractivity contribution in [2.75, 3.05) is 17.2 Å². The number of aryl methyl sites for hydroxylation is 1. The number of alkyl halides is 3. The van der Waals surface area contributed by atoms with Gasteiger partial charge in [0.15, 0.2) is 0 Å². The number of imidazole rings is 1. The molecule has 2 fully saturated rings. The zero-order chi connectivity index (χ0) is 27.2. The summed E-state index contributed by atoms with van der Waals surface area (Å²) in [6, 6.07) is 4.76. The number of aromatic nitrogens is 4. The highest BCUT2D eigenvalue weighted by atomic mass is 35.5. The van der Waals surface area contributed by atoms with Gasteiger partial charge in [-0.15, -0.1) is 0 Å². The summed E-state index contributed by atoms with van der Waals surface area (Å²) in [7, 11) is 1.72. The van der Waals surface area contributed by atoms with Gasteiger partial charge in [0, 0.05) is 31.3 Å². The molecule has 0 bridgehead atoms. The smallest absolute Gasteiger partial charge is 0.388 e. The van der Waals surface area contributed by atoms with E-state index in [-0.39, 0.29) is 41.0 Å².